The molecule has 1 atom stereocenters. The van der Waals surface area contributed by atoms with Gasteiger partial charge in [0.25, 0.3) is 5.91 Å². The van der Waals surface area contributed by atoms with Crippen molar-refractivity contribution in [2.24, 2.45) is 0 Å². The van der Waals surface area contributed by atoms with Gasteiger partial charge in [-0.3, -0.25) is 14.5 Å². The summed E-state index contributed by atoms with van der Waals surface area (Å²) in [6.07, 6.45) is 4.62. The van der Waals surface area contributed by atoms with E-state index in [4.69, 9.17) is 4.74 Å². The van der Waals surface area contributed by atoms with Crippen molar-refractivity contribution in [1.82, 2.24) is 9.88 Å². The number of aromatic nitrogens is 1. The maximum atomic E-state index is 12.5. The number of amides is 2. The largest absolute Gasteiger partial charge is 0.495 e. The fraction of sp³-hybridized carbons (Fsp3) is 0.280. The number of carbonyl (C=O) groups excluding carboxylic acids is 2. The highest BCUT2D eigenvalue weighted by Gasteiger charge is 2.26. The van der Waals surface area contributed by atoms with Crippen LogP contribution in [-0.4, -0.2) is 41.9 Å². The highest BCUT2D eigenvalue weighted by molar-refractivity contribution is 6.05. The molecule has 0 radical (unpaired) electrons. The molecule has 0 saturated carbocycles. The van der Waals surface area contributed by atoms with Crippen molar-refractivity contribution in [2.75, 3.05) is 30.8 Å². The smallest absolute Gasteiger partial charge is 0.255 e. The van der Waals surface area contributed by atoms with Gasteiger partial charge in [-0.05, 0) is 67.9 Å². The van der Waals surface area contributed by atoms with Gasteiger partial charge in [-0.15, -0.1) is 0 Å². The summed E-state index contributed by atoms with van der Waals surface area (Å²) >= 11 is 0. The van der Waals surface area contributed by atoms with Crippen LogP contribution in [0.15, 0.2) is 66.9 Å². The molecule has 7 heteroatoms. The normalized spacial score (nSPS) is 16.0. The molecule has 2 amide bonds. The van der Waals surface area contributed by atoms with Crippen molar-refractivity contribution in [3.05, 3.63) is 78.1 Å². The van der Waals surface area contributed by atoms with Crippen LogP contribution in [-0.2, 0) is 4.79 Å². The summed E-state index contributed by atoms with van der Waals surface area (Å²) in [4.78, 5) is 30.6. The summed E-state index contributed by atoms with van der Waals surface area (Å²) in [7, 11) is 1.56. The molecule has 7 nitrogen and oxygen atoms in total. The zero-order valence-electron chi connectivity index (χ0n) is 18.1. The number of methoxy groups -OCH3 is 1. The first-order valence-corrected chi connectivity index (χ1v) is 10.9. The predicted molar refractivity (Wildman–Crippen MR) is 125 cm³/mol. The third kappa shape index (κ3) is 5.18. The number of nitrogens with zero attached hydrogens (tertiary/aromatic N) is 1. The number of aromatic amines is 1. The summed E-state index contributed by atoms with van der Waals surface area (Å²) in [5, 5.41) is 5.77. The second-order valence-electron chi connectivity index (χ2n) is 7.85. The molecule has 2 aromatic carbocycles. The summed E-state index contributed by atoms with van der Waals surface area (Å²) in [5.74, 6) is 0.325. The van der Waals surface area contributed by atoms with Gasteiger partial charge in [-0.1, -0.05) is 12.1 Å². The minimum Gasteiger partial charge on any atom is -0.495 e. The van der Waals surface area contributed by atoms with Crippen LogP contribution in [0.5, 0.6) is 5.75 Å². The van der Waals surface area contributed by atoms with E-state index in [1.807, 2.05) is 24.4 Å². The first-order chi connectivity index (χ1) is 15.6. The SMILES string of the molecule is COc1ccccc1NC(=O)c1ccc(NC(=O)CCN2CCCC2c2ccc[nH]2)cc1. The molecule has 1 fully saturated rings. The Balaban J connectivity index is 1.28. The molecular formula is C25H28N4O3. The fourth-order valence-corrected chi connectivity index (χ4v) is 4.11. The highest BCUT2D eigenvalue weighted by atomic mass is 16.5. The minimum absolute atomic E-state index is 0.0339. The summed E-state index contributed by atoms with van der Waals surface area (Å²) in [6, 6.07) is 18.6. The number of H-pyrrole nitrogens is 1. The van der Waals surface area contributed by atoms with Crippen LogP contribution >= 0.6 is 0 Å². The second kappa shape index (κ2) is 10.2. The van der Waals surface area contributed by atoms with Gasteiger partial charge in [0.05, 0.1) is 12.8 Å². The summed E-state index contributed by atoms with van der Waals surface area (Å²) in [5.41, 5.74) is 2.99. The van der Waals surface area contributed by atoms with Gasteiger partial charge >= 0.3 is 0 Å². The minimum atomic E-state index is -0.239. The molecular weight excluding hydrogens is 404 g/mol. The number of hydrogen-bond acceptors (Lipinski definition) is 4. The molecule has 1 unspecified atom stereocenters. The van der Waals surface area contributed by atoms with Crippen molar-refractivity contribution >= 4 is 23.2 Å². The fourth-order valence-electron chi connectivity index (χ4n) is 4.11. The van der Waals surface area contributed by atoms with Crippen LogP contribution in [0.2, 0.25) is 0 Å². The van der Waals surface area contributed by atoms with Crippen molar-refractivity contribution in [3.63, 3.8) is 0 Å². The molecule has 166 valence electrons. The Hall–Kier alpha value is -3.58. The van der Waals surface area contributed by atoms with E-state index in [2.05, 4.69) is 26.6 Å². The number of nitrogens with one attached hydrogen (secondary N) is 3. The van der Waals surface area contributed by atoms with Crippen molar-refractivity contribution in [3.8, 4) is 5.75 Å². The van der Waals surface area contributed by atoms with Crippen molar-refractivity contribution < 1.29 is 14.3 Å². The van der Waals surface area contributed by atoms with Gasteiger partial charge in [-0.25, -0.2) is 0 Å². The van der Waals surface area contributed by atoms with Crippen LogP contribution in [0.4, 0.5) is 11.4 Å². The maximum Gasteiger partial charge on any atom is 0.255 e. The molecule has 32 heavy (non-hydrogen) atoms. The molecule has 1 aliphatic heterocycles. The Morgan fingerprint density at radius 3 is 2.62 bits per heavy atom. The average molecular weight is 433 g/mol. The molecule has 0 spiro atoms. The number of hydrogen-bond donors (Lipinski definition) is 3. The molecule has 3 N–H and O–H groups in total. The third-order valence-electron chi connectivity index (χ3n) is 5.76. The van der Waals surface area contributed by atoms with E-state index in [9.17, 15) is 9.59 Å². The standard InChI is InChI=1S/C25H28N4O3/c1-32-23-9-3-2-6-21(23)28-25(31)18-10-12-19(13-11-18)27-24(30)14-17-29-16-5-8-22(29)20-7-4-15-26-20/h2-4,6-7,9-13,15,22,26H,5,8,14,16-17H2,1H3,(H,27,30)(H,28,31). The average Bonchev–Trinajstić information content (AvgIpc) is 3.50. The first-order valence-electron chi connectivity index (χ1n) is 10.9. The molecule has 1 aromatic heterocycles. The first kappa shape index (κ1) is 21.6. The molecule has 1 saturated heterocycles. The molecule has 0 aliphatic carbocycles. The van der Waals surface area contributed by atoms with E-state index < -0.39 is 0 Å². The topological polar surface area (TPSA) is 86.5 Å². The van der Waals surface area contributed by atoms with Gasteiger partial charge < -0.3 is 20.4 Å². The zero-order valence-corrected chi connectivity index (χ0v) is 18.1. The Morgan fingerprint density at radius 2 is 1.88 bits per heavy atom. The van der Waals surface area contributed by atoms with E-state index in [0.717, 1.165) is 25.9 Å². The quantitative estimate of drug-likeness (QED) is 0.491. The van der Waals surface area contributed by atoms with E-state index in [1.54, 1.807) is 43.5 Å². The third-order valence-corrected chi connectivity index (χ3v) is 5.76. The second-order valence-corrected chi connectivity index (χ2v) is 7.85. The lowest BCUT2D eigenvalue weighted by Crippen LogP contribution is -2.27. The van der Waals surface area contributed by atoms with Gasteiger partial charge in [0.1, 0.15) is 5.75 Å². The Morgan fingerprint density at radius 1 is 1.06 bits per heavy atom. The Bertz CT molecular complexity index is 1050. The van der Waals surface area contributed by atoms with Crippen LogP contribution in [0, 0.1) is 0 Å². The van der Waals surface area contributed by atoms with Crippen LogP contribution in [0.25, 0.3) is 0 Å². The Kier molecular flexibility index (Phi) is 6.87. The van der Waals surface area contributed by atoms with Crippen molar-refractivity contribution in [1.29, 1.82) is 0 Å². The zero-order chi connectivity index (χ0) is 22.3. The lowest BCUT2D eigenvalue weighted by Gasteiger charge is -2.23. The number of likely N-dealkylation sites (tertiary alicyclic amines) is 1. The number of benzene rings is 2. The van der Waals surface area contributed by atoms with Gasteiger partial charge in [-0.2, -0.15) is 0 Å². The van der Waals surface area contributed by atoms with Crippen LogP contribution in [0.1, 0.15) is 41.4 Å². The van der Waals surface area contributed by atoms with Crippen LogP contribution < -0.4 is 15.4 Å². The lowest BCUT2D eigenvalue weighted by molar-refractivity contribution is -0.116. The van der Waals surface area contributed by atoms with Gasteiger partial charge in [0.2, 0.25) is 5.91 Å². The van der Waals surface area contributed by atoms with Gasteiger partial charge in [0.15, 0.2) is 0 Å². The summed E-state index contributed by atoms with van der Waals surface area (Å²) in [6.45, 7) is 1.72. The number of para-hydroxylation sites is 2. The van der Waals surface area contributed by atoms with E-state index in [1.165, 1.54) is 5.69 Å². The molecule has 0 bridgehead atoms. The number of ether oxygens (including phenoxy) is 1. The number of carbonyl (C=O) groups is 2. The van der Waals surface area contributed by atoms with E-state index in [-0.39, 0.29) is 11.8 Å². The van der Waals surface area contributed by atoms with Gasteiger partial charge in [0, 0.05) is 42.1 Å². The number of rotatable bonds is 8. The molecule has 2 heterocycles. The van der Waals surface area contributed by atoms with Crippen molar-refractivity contribution in [2.45, 2.75) is 25.3 Å². The lowest BCUT2D eigenvalue weighted by atomic mass is 10.1. The predicted octanol–water partition coefficient (Wildman–Crippen LogP) is 4.44. The molecule has 3 aromatic rings. The monoisotopic (exact) mass is 432 g/mol. The highest BCUT2D eigenvalue weighted by Crippen LogP contribution is 2.30. The van der Waals surface area contributed by atoms with Crippen LogP contribution in [0.3, 0.4) is 0 Å². The Labute approximate surface area is 187 Å². The molecule has 1 aliphatic rings. The maximum absolute atomic E-state index is 12.5. The van der Waals surface area contributed by atoms with E-state index in [0.29, 0.717) is 35.2 Å². The molecule has 4 rings (SSSR count). The summed E-state index contributed by atoms with van der Waals surface area (Å²) < 4.78 is 5.26. The van der Waals surface area contributed by atoms with E-state index >= 15 is 0 Å². The number of anilines is 2.